The molecule has 0 radical (unpaired) electrons. The van der Waals surface area contributed by atoms with Crippen LogP contribution in [0.5, 0.6) is 11.5 Å². The van der Waals surface area contributed by atoms with E-state index in [9.17, 15) is 28.8 Å². The molecule has 0 spiro atoms. The molecule has 2 N–H and O–H groups in total. The number of fused-ring (bicyclic) bond motifs is 2. The molecule has 54 heavy (non-hydrogen) atoms. The molecule has 288 valence electrons. The van der Waals surface area contributed by atoms with Crippen LogP contribution in [0.1, 0.15) is 95.5 Å². The monoisotopic (exact) mass is 741 g/mol. The molecule has 3 aliphatic rings. The van der Waals surface area contributed by atoms with Crippen LogP contribution < -0.4 is 20.1 Å². The van der Waals surface area contributed by atoms with Crippen LogP contribution in [-0.2, 0) is 24.0 Å². The zero-order valence-electron chi connectivity index (χ0n) is 32.0. The lowest BCUT2D eigenvalue weighted by atomic mass is 9.92. The fraction of sp³-hybridized carbons (Fsp3) is 0.488. The van der Waals surface area contributed by atoms with Gasteiger partial charge in [-0.2, -0.15) is 0 Å². The molecule has 5 rings (SSSR count). The molecule has 1 saturated heterocycles. The number of nitrogens with one attached hydrogen (secondary N) is 2. The second-order valence-corrected chi connectivity index (χ2v) is 14.6. The van der Waals surface area contributed by atoms with Gasteiger partial charge in [-0.3, -0.25) is 38.7 Å². The number of ether oxygens (including phenoxy) is 2. The van der Waals surface area contributed by atoms with Gasteiger partial charge in [-0.25, -0.2) is 0 Å². The van der Waals surface area contributed by atoms with E-state index in [4.69, 9.17) is 9.47 Å². The van der Waals surface area contributed by atoms with Crippen LogP contribution in [0.15, 0.2) is 47.6 Å². The van der Waals surface area contributed by atoms with Crippen LogP contribution in [0.25, 0.3) is 5.57 Å². The number of methoxy groups -OCH3 is 1. The van der Waals surface area contributed by atoms with Gasteiger partial charge in [-0.05, 0) is 55.0 Å². The summed E-state index contributed by atoms with van der Waals surface area (Å²) in [5.74, 6) is -1.32. The molecular formula is C41H51N5O8. The summed E-state index contributed by atoms with van der Waals surface area (Å²) >= 11 is 0. The Morgan fingerprint density at radius 3 is 2.37 bits per heavy atom. The second-order valence-electron chi connectivity index (χ2n) is 14.6. The maximum Gasteiger partial charge on any atom is 0.260 e. The van der Waals surface area contributed by atoms with Gasteiger partial charge in [0.2, 0.25) is 23.6 Å². The molecule has 0 saturated carbocycles. The Labute approximate surface area is 316 Å². The van der Waals surface area contributed by atoms with Crippen LogP contribution in [0.3, 0.4) is 0 Å². The minimum Gasteiger partial charge on any atom is -0.493 e. The number of nitrogens with zero attached hydrogens (tertiary/aromatic N) is 3. The quantitative estimate of drug-likeness (QED) is 0.154. The summed E-state index contributed by atoms with van der Waals surface area (Å²) in [6.45, 7) is 9.83. The van der Waals surface area contributed by atoms with E-state index in [0.717, 1.165) is 11.1 Å². The SMILES string of the molecule is CCOc1cc2c(cc1OC)C(=O)N1C=C(c3ccc(NC(=O)[C@H](C)CC(=O)[C@@H](NC(=O)CCCCCN4C(=O)CC(C)C4=O)C(C)C)cc3)C[C@H]1C=N2. The third-order valence-electron chi connectivity index (χ3n) is 10.1. The third kappa shape index (κ3) is 9.23. The molecule has 5 amide bonds. The normalized spacial score (nSPS) is 18.9. The number of benzene rings is 2. The van der Waals surface area contributed by atoms with Crippen LogP contribution >= 0.6 is 0 Å². The van der Waals surface area contributed by atoms with Crippen LogP contribution in [0, 0.1) is 17.8 Å². The minimum atomic E-state index is -0.725. The Morgan fingerprint density at radius 2 is 1.72 bits per heavy atom. The first-order valence-electron chi connectivity index (χ1n) is 18.8. The van der Waals surface area contributed by atoms with E-state index < -0.39 is 12.0 Å². The molecule has 1 fully saturated rings. The summed E-state index contributed by atoms with van der Waals surface area (Å²) in [5.41, 5.74) is 3.37. The largest absolute Gasteiger partial charge is 0.493 e. The lowest BCUT2D eigenvalue weighted by molar-refractivity contribution is -0.139. The van der Waals surface area contributed by atoms with Gasteiger partial charge < -0.3 is 25.0 Å². The van der Waals surface area contributed by atoms with E-state index in [1.165, 1.54) is 12.0 Å². The van der Waals surface area contributed by atoms with Crippen molar-refractivity contribution in [2.45, 2.75) is 91.6 Å². The molecule has 13 nitrogen and oxygen atoms in total. The van der Waals surface area contributed by atoms with Gasteiger partial charge in [0.15, 0.2) is 17.3 Å². The Morgan fingerprint density at radius 1 is 0.981 bits per heavy atom. The predicted molar refractivity (Wildman–Crippen MR) is 204 cm³/mol. The zero-order valence-corrected chi connectivity index (χ0v) is 32.0. The first kappa shape index (κ1) is 39.9. The van der Waals surface area contributed by atoms with E-state index in [-0.39, 0.29) is 72.5 Å². The molecule has 0 aromatic heterocycles. The molecule has 4 atom stereocenters. The number of anilines is 1. The van der Waals surface area contributed by atoms with E-state index >= 15 is 0 Å². The van der Waals surface area contributed by atoms with Gasteiger partial charge in [0.05, 0.1) is 37.1 Å². The summed E-state index contributed by atoms with van der Waals surface area (Å²) < 4.78 is 11.1. The smallest absolute Gasteiger partial charge is 0.260 e. The number of amides is 5. The van der Waals surface area contributed by atoms with E-state index in [1.807, 2.05) is 39.1 Å². The number of unbranched alkanes of at least 4 members (excludes halogenated alkanes) is 2. The average molecular weight is 742 g/mol. The summed E-state index contributed by atoms with van der Waals surface area (Å²) in [7, 11) is 1.53. The van der Waals surface area contributed by atoms with Gasteiger partial charge in [-0.1, -0.05) is 46.2 Å². The molecule has 3 heterocycles. The minimum absolute atomic E-state index is 0.0367. The van der Waals surface area contributed by atoms with Crippen molar-refractivity contribution in [3.05, 3.63) is 53.7 Å². The molecule has 3 aliphatic heterocycles. The van der Waals surface area contributed by atoms with Crippen molar-refractivity contribution in [2.24, 2.45) is 22.7 Å². The number of aliphatic imine (C=N–C) groups is 1. The highest BCUT2D eigenvalue weighted by molar-refractivity contribution is 6.06. The number of carbonyl (C=O) groups is 6. The summed E-state index contributed by atoms with van der Waals surface area (Å²) in [4.78, 5) is 84.3. The fourth-order valence-corrected chi connectivity index (χ4v) is 6.96. The number of Topliss-reactive ketones (excluding diaryl/α,β-unsaturated/α-hetero) is 1. The van der Waals surface area contributed by atoms with Crippen molar-refractivity contribution >= 4 is 58.5 Å². The number of carbonyl (C=O) groups excluding carboxylic acids is 6. The Bertz CT molecular complexity index is 1830. The van der Waals surface area contributed by atoms with Crippen molar-refractivity contribution in [3.63, 3.8) is 0 Å². The number of imide groups is 1. The first-order valence-corrected chi connectivity index (χ1v) is 18.8. The first-order chi connectivity index (χ1) is 25.8. The van der Waals surface area contributed by atoms with Crippen molar-refractivity contribution < 1.29 is 38.2 Å². The highest BCUT2D eigenvalue weighted by Crippen LogP contribution is 2.40. The van der Waals surface area contributed by atoms with Crippen LogP contribution in [-0.4, -0.2) is 83.7 Å². The molecule has 2 aromatic rings. The fourth-order valence-electron chi connectivity index (χ4n) is 6.96. The van der Waals surface area contributed by atoms with Crippen molar-refractivity contribution in [2.75, 3.05) is 25.6 Å². The zero-order chi connectivity index (χ0) is 39.1. The predicted octanol–water partition coefficient (Wildman–Crippen LogP) is 5.70. The molecule has 13 heteroatoms. The number of hydrogen-bond acceptors (Lipinski definition) is 9. The van der Waals surface area contributed by atoms with Crippen LogP contribution in [0.2, 0.25) is 0 Å². The number of likely N-dealkylation sites (tertiary alicyclic amines) is 1. The lowest BCUT2D eigenvalue weighted by Crippen LogP contribution is -2.45. The standard InChI is InChI=1S/C41H51N5O8/c1-7-54-35-21-32-31(20-34(35)53-6)41(52)46-23-28(19-30(46)22-42-32)27-12-14-29(15-13-27)43-39(50)25(4)17-33(47)38(24(2)3)44-36(48)11-9-8-10-16-45-37(49)18-26(5)40(45)51/h12-15,20-26,30,38H,7-11,16-19H2,1-6H3,(H,43,50)(H,44,48)/t25-,26?,30+,38+/m1/s1. The maximum absolute atomic E-state index is 13.6. The van der Waals surface area contributed by atoms with Crippen molar-refractivity contribution in [1.82, 2.24) is 15.1 Å². The second kappa shape index (κ2) is 17.7. The average Bonchev–Trinajstić information content (AvgIpc) is 3.64. The van der Waals surface area contributed by atoms with Crippen molar-refractivity contribution in [1.29, 1.82) is 0 Å². The highest BCUT2D eigenvalue weighted by atomic mass is 16.5. The Hall–Kier alpha value is -5.33. The Balaban J connectivity index is 1.10. The molecular weight excluding hydrogens is 690 g/mol. The number of ketones is 1. The van der Waals surface area contributed by atoms with E-state index in [2.05, 4.69) is 15.6 Å². The third-order valence-corrected chi connectivity index (χ3v) is 10.1. The summed E-state index contributed by atoms with van der Waals surface area (Å²) in [6, 6.07) is 9.75. The van der Waals surface area contributed by atoms with Gasteiger partial charge in [0.25, 0.3) is 5.91 Å². The van der Waals surface area contributed by atoms with Gasteiger partial charge in [0.1, 0.15) is 0 Å². The lowest BCUT2D eigenvalue weighted by Gasteiger charge is -2.23. The molecule has 2 aromatic carbocycles. The van der Waals surface area contributed by atoms with Gasteiger partial charge in [-0.15, -0.1) is 0 Å². The molecule has 0 bridgehead atoms. The number of hydrogen-bond donors (Lipinski definition) is 2. The van der Waals surface area contributed by atoms with E-state index in [0.29, 0.717) is 67.3 Å². The molecule has 1 unspecified atom stereocenters. The molecule has 0 aliphatic carbocycles. The van der Waals surface area contributed by atoms with Gasteiger partial charge in [0, 0.05) is 68.2 Å². The summed E-state index contributed by atoms with van der Waals surface area (Å²) in [5, 5.41) is 5.74. The Kier molecular flexibility index (Phi) is 13.0. The maximum atomic E-state index is 13.6. The van der Waals surface area contributed by atoms with Crippen LogP contribution in [0.4, 0.5) is 11.4 Å². The topological polar surface area (TPSA) is 164 Å². The summed E-state index contributed by atoms with van der Waals surface area (Å²) in [6.07, 6.45) is 6.48. The van der Waals surface area contributed by atoms with Gasteiger partial charge >= 0.3 is 0 Å². The highest BCUT2D eigenvalue weighted by Gasteiger charge is 2.35. The van der Waals surface area contributed by atoms with Crippen molar-refractivity contribution in [3.8, 4) is 11.5 Å². The number of rotatable bonds is 17. The van der Waals surface area contributed by atoms with E-state index in [1.54, 1.807) is 49.2 Å².